The first-order valence-corrected chi connectivity index (χ1v) is 11.1. The third-order valence-electron chi connectivity index (χ3n) is 4.90. The van der Waals surface area contributed by atoms with Gasteiger partial charge in [0, 0.05) is 29.2 Å². The molecule has 1 amide bonds. The fraction of sp³-hybridized carbons (Fsp3) is 0.136. The molecule has 30 heavy (non-hydrogen) atoms. The topological polar surface area (TPSA) is 79.9 Å². The van der Waals surface area contributed by atoms with Gasteiger partial charge >= 0.3 is 0 Å². The van der Waals surface area contributed by atoms with E-state index in [0.29, 0.717) is 24.3 Å². The molecule has 6 nitrogen and oxygen atoms in total. The van der Waals surface area contributed by atoms with Gasteiger partial charge in [-0.3, -0.25) is 9.89 Å². The lowest BCUT2D eigenvalue weighted by Gasteiger charge is -2.10. The Morgan fingerprint density at radius 2 is 2.13 bits per heavy atom. The normalized spacial score (nSPS) is 11.2. The van der Waals surface area contributed by atoms with Crippen LogP contribution in [0.1, 0.15) is 15.4 Å². The lowest BCUT2D eigenvalue weighted by atomic mass is 10.1. The number of benzene rings is 2. The number of carbonyl (C=O) groups is 1. The van der Waals surface area contributed by atoms with Gasteiger partial charge in [-0.05, 0) is 29.7 Å². The number of hydrogen-bond acceptors (Lipinski definition) is 6. The van der Waals surface area contributed by atoms with Crippen molar-refractivity contribution in [3.63, 3.8) is 0 Å². The first-order chi connectivity index (χ1) is 14.7. The van der Waals surface area contributed by atoms with E-state index in [1.54, 1.807) is 42.0 Å². The van der Waals surface area contributed by atoms with Crippen molar-refractivity contribution >= 4 is 49.6 Å². The van der Waals surface area contributed by atoms with Crippen LogP contribution in [0, 0.1) is 0 Å². The lowest BCUT2D eigenvalue weighted by molar-refractivity contribution is 0.0951. The molecule has 0 aliphatic rings. The van der Waals surface area contributed by atoms with E-state index in [0.717, 1.165) is 26.5 Å². The van der Waals surface area contributed by atoms with Gasteiger partial charge in [-0.15, -0.1) is 22.7 Å². The number of methoxy groups -OCH3 is 1. The third-order valence-corrected chi connectivity index (χ3v) is 6.86. The van der Waals surface area contributed by atoms with Gasteiger partial charge in [-0.25, -0.2) is 4.98 Å². The molecule has 0 spiro atoms. The summed E-state index contributed by atoms with van der Waals surface area (Å²) in [6.07, 6.45) is 2.47. The van der Waals surface area contributed by atoms with Gasteiger partial charge in [0.05, 0.1) is 33.5 Å². The molecule has 0 aliphatic heterocycles. The summed E-state index contributed by atoms with van der Waals surface area (Å²) in [5, 5.41) is 15.5. The van der Waals surface area contributed by atoms with Crippen molar-refractivity contribution in [2.75, 3.05) is 13.7 Å². The molecule has 0 unspecified atom stereocenters. The summed E-state index contributed by atoms with van der Waals surface area (Å²) >= 11 is 3.26. The van der Waals surface area contributed by atoms with Crippen molar-refractivity contribution in [1.29, 1.82) is 0 Å². The second-order valence-corrected chi connectivity index (χ2v) is 8.78. The Morgan fingerprint density at radius 1 is 1.23 bits per heavy atom. The highest BCUT2D eigenvalue weighted by Crippen LogP contribution is 2.40. The molecular formula is C22H18N4O2S2. The number of nitrogens with one attached hydrogen (secondary N) is 2. The molecule has 5 aromatic rings. The number of thiazole rings is 1. The van der Waals surface area contributed by atoms with E-state index in [2.05, 4.69) is 38.7 Å². The van der Waals surface area contributed by atoms with Gasteiger partial charge < -0.3 is 10.1 Å². The maximum atomic E-state index is 12.9. The average Bonchev–Trinajstić information content (AvgIpc) is 3.51. The average molecular weight is 435 g/mol. The van der Waals surface area contributed by atoms with Crippen LogP contribution in [-0.4, -0.2) is 34.7 Å². The van der Waals surface area contributed by atoms with Gasteiger partial charge in [-0.1, -0.05) is 18.2 Å². The number of rotatable bonds is 6. The van der Waals surface area contributed by atoms with Gasteiger partial charge in [0.25, 0.3) is 5.91 Å². The Hall–Kier alpha value is -3.23. The Morgan fingerprint density at radius 3 is 2.93 bits per heavy atom. The summed E-state index contributed by atoms with van der Waals surface area (Å²) in [6, 6.07) is 14.0. The molecule has 0 bridgehead atoms. The van der Waals surface area contributed by atoms with Crippen LogP contribution < -0.4 is 10.1 Å². The maximum absolute atomic E-state index is 12.9. The second kappa shape index (κ2) is 7.89. The number of H-pyrrole nitrogens is 1. The number of thiophene rings is 1. The van der Waals surface area contributed by atoms with Crippen LogP contribution in [0.3, 0.4) is 0 Å². The zero-order valence-electron chi connectivity index (χ0n) is 16.1. The summed E-state index contributed by atoms with van der Waals surface area (Å²) in [6.45, 7) is 0.516. The van der Waals surface area contributed by atoms with Crippen LogP contribution in [0.15, 0.2) is 54.0 Å². The number of carbonyl (C=O) groups excluding carboxylic acids is 1. The summed E-state index contributed by atoms with van der Waals surface area (Å²) in [5.74, 6) is 0.356. The molecule has 150 valence electrons. The molecular weight excluding hydrogens is 416 g/mol. The number of nitrogens with zero attached hydrogens (tertiary/aromatic N) is 2. The largest absolute Gasteiger partial charge is 0.495 e. The summed E-state index contributed by atoms with van der Waals surface area (Å²) in [5.41, 5.74) is 2.12. The molecule has 5 rings (SSSR count). The van der Waals surface area contributed by atoms with Crippen molar-refractivity contribution in [2.45, 2.75) is 6.42 Å². The molecule has 0 atom stereocenters. The third kappa shape index (κ3) is 3.34. The lowest BCUT2D eigenvalue weighted by Crippen LogP contribution is -2.26. The van der Waals surface area contributed by atoms with Crippen LogP contribution in [0.4, 0.5) is 0 Å². The molecule has 0 aliphatic carbocycles. The molecule has 2 N–H and O–H groups in total. The van der Waals surface area contributed by atoms with Gasteiger partial charge in [-0.2, -0.15) is 5.10 Å². The summed E-state index contributed by atoms with van der Waals surface area (Å²) in [4.78, 5) is 18.1. The Labute approximate surface area is 180 Å². The van der Waals surface area contributed by atoms with Crippen LogP contribution in [-0.2, 0) is 6.42 Å². The predicted molar refractivity (Wildman–Crippen MR) is 122 cm³/mol. The molecule has 2 aromatic carbocycles. The van der Waals surface area contributed by atoms with E-state index in [-0.39, 0.29) is 5.91 Å². The SMILES string of the molecule is COc1c(C(=O)NCCc2nccs2)ccc2[nH]nc(-c3cc4ccccc4s3)c12. The minimum absolute atomic E-state index is 0.172. The number of amides is 1. The monoisotopic (exact) mass is 434 g/mol. The standard InChI is InChI=1S/C22H18N4O2S2/c1-28-21-14(22(27)24-9-8-18-23-10-11-29-18)6-7-15-19(21)20(26-25-15)17-12-13-4-2-3-5-16(13)30-17/h2-7,10-12H,8-9H2,1H3,(H,24,27)(H,25,26). The minimum Gasteiger partial charge on any atom is -0.495 e. The van der Waals surface area contributed by atoms with E-state index in [1.807, 2.05) is 23.6 Å². The molecule has 0 saturated carbocycles. The van der Waals surface area contributed by atoms with E-state index in [1.165, 1.54) is 10.1 Å². The number of hydrogen-bond donors (Lipinski definition) is 2. The highest BCUT2D eigenvalue weighted by atomic mass is 32.1. The molecule has 3 heterocycles. The van der Waals surface area contributed by atoms with Crippen molar-refractivity contribution in [1.82, 2.24) is 20.5 Å². The minimum atomic E-state index is -0.172. The van der Waals surface area contributed by atoms with Crippen LogP contribution in [0.25, 0.3) is 31.6 Å². The zero-order chi connectivity index (χ0) is 20.5. The summed E-state index contributed by atoms with van der Waals surface area (Å²) < 4.78 is 6.89. The van der Waals surface area contributed by atoms with E-state index >= 15 is 0 Å². The van der Waals surface area contributed by atoms with Crippen LogP contribution in [0.2, 0.25) is 0 Å². The Bertz CT molecular complexity index is 1310. The molecule has 0 radical (unpaired) electrons. The zero-order valence-corrected chi connectivity index (χ0v) is 17.8. The fourth-order valence-electron chi connectivity index (χ4n) is 3.51. The highest BCUT2D eigenvalue weighted by molar-refractivity contribution is 7.22. The Balaban J connectivity index is 1.50. The van der Waals surface area contributed by atoms with Gasteiger partial charge in [0.2, 0.25) is 0 Å². The first-order valence-electron chi connectivity index (χ1n) is 9.45. The fourth-order valence-corrected chi connectivity index (χ4v) is 5.18. The van der Waals surface area contributed by atoms with Crippen molar-refractivity contribution in [2.24, 2.45) is 0 Å². The highest BCUT2D eigenvalue weighted by Gasteiger charge is 2.21. The van der Waals surface area contributed by atoms with Crippen molar-refractivity contribution in [3.8, 4) is 16.3 Å². The first kappa shape index (κ1) is 18.8. The maximum Gasteiger partial charge on any atom is 0.255 e. The molecule has 3 aromatic heterocycles. The Kier molecular flexibility index (Phi) is 4.94. The van der Waals surface area contributed by atoms with Crippen molar-refractivity contribution in [3.05, 3.63) is 64.6 Å². The smallest absolute Gasteiger partial charge is 0.255 e. The van der Waals surface area contributed by atoms with Crippen LogP contribution in [0.5, 0.6) is 5.75 Å². The van der Waals surface area contributed by atoms with E-state index in [4.69, 9.17) is 4.74 Å². The summed E-state index contributed by atoms with van der Waals surface area (Å²) in [7, 11) is 1.59. The number of aromatic amines is 1. The molecule has 0 saturated heterocycles. The molecule has 8 heteroatoms. The van der Waals surface area contributed by atoms with E-state index in [9.17, 15) is 4.79 Å². The number of fused-ring (bicyclic) bond motifs is 2. The van der Waals surface area contributed by atoms with E-state index < -0.39 is 0 Å². The number of aromatic nitrogens is 3. The number of ether oxygens (including phenoxy) is 1. The molecule has 0 fully saturated rings. The van der Waals surface area contributed by atoms with Crippen LogP contribution >= 0.6 is 22.7 Å². The quantitative estimate of drug-likeness (QED) is 0.399. The van der Waals surface area contributed by atoms with Gasteiger partial charge in [0.1, 0.15) is 11.4 Å². The van der Waals surface area contributed by atoms with Gasteiger partial charge in [0.15, 0.2) is 0 Å². The second-order valence-electron chi connectivity index (χ2n) is 6.72. The predicted octanol–water partition coefficient (Wildman–Crippen LogP) is 4.88. The van der Waals surface area contributed by atoms with Crippen molar-refractivity contribution < 1.29 is 9.53 Å².